The smallest absolute Gasteiger partial charge is 0.274 e. The van der Waals surface area contributed by atoms with Gasteiger partial charge in [0.05, 0.1) is 11.8 Å². The van der Waals surface area contributed by atoms with E-state index in [0.29, 0.717) is 17.9 Å². The van der Waals surface area contributed by atoms with Crippen LogP contribution in [0.3, 0.4) is 0 Å². The number of hydrogen-bond acceptors (Lipinski definition) is 3. The van der Waals surface area contributed by atoms with Crippen LogP contribution in [-0.4, -0.2) is 46.9 Å². The van der Waals surface area contributed by atoms with Crippen molar-refractivity contribution in [2.24, 2.45) is 0 Å². The molecule has 2 aliphatic rings. The van der Waals surface area contributed by atoms with Gasteiger partial charge >= 0.3 is 0 Å². The van der Waals surface area contributed by atoms with Crippen molar-refractivity contribution in [1.29, 1.82) is 0 Å². The highest BCUT2D eigenvalue weighted by Crippen LogP contribution is 2.29. The van der Waals surface area contributed by atoms with Crippen LogP contribution in [0.2, 0.25) is 0 Å². The van der Waals surface area contributed by atoms with E-state index >= 15 is 0 Å². The predicted octanol–water partition coefficient (Wildman–Crippen LogP) is 2.89. The lowest BCUT2D eigenvalue weighted by atomic mass is 10.1. The molecule has 0 spiro atoms. The van der Waals surface area contributed by atoms with Gasteiger partial charge in [-0.1, -0.05) is 0 Å². The van der Waals surface area contributed by atoms with E-state index in [4.69, 9.17) is 4.74 Å². The fraction of sp³-hybridized carbons (Fsp3) is 0.474. The number of rotatable bonds is 4. The number of halogens is 2. The number of ether oxygens (including phenoxy) is 1. The molecule has 0 bridgehead atoms. The van der Waals surface area contributed by atoms with Crippen LogP contribution >= 0.6 is 0 Å². The van der Waals surface area contributed by atoms with Gasteiger partial charge in [0.25, 0.3) is 5.91 Å². The van der Waals surface area contributed by atoms with Crippen molar-refractivity contribution in [2.75, 3.05) is 20.2 Å². The van der Waals surface area contributed by atoms with Gasteiger partial charge in [-0.15, -0.1) is 0 Å². The highest BCUT2D eigenvalue weighted by molar-refractivity contribution is 5.94. The molecule has 26 heavy (non-hydrogen) atoms. The van der Waals surface area contributed by atoms with Gasteiger partial charge in [-0.05, 0) is 44.2 Å². The van der Waals surface area contributed by atoms with Crippen LogP contribution in [0.25, 0.3) is 5.69 Å². The quantitative estimate of drug-likeness (QED) is 0.841. The fourth-order valence-corrected chi connectivity index (χ4v) is 3.80. The van der Waals surface area contributed by atoms with Gasteiger partial charge in [0.1, 0.15) is 0 Å². The lowest BCUT2D eigenvalue weighted by molar-refractivity contribution is 0.0581. The Morgan fingerprint density at radius 1 is 1.31 bits per heavy atom. The van der Waals surface area contributed by atoms with Crippen LogP contribution in [0.1, 0.15) is 41.0 Å². The van der Waals surface area contributed by atoms with Gasteiger partial charge in [-0.2, -0.15) is 5.10 Å². The van der Waals surface area contributed by atoms with Gasteiger partial charge in [0.2, 0.25) is 0 Å². The molecule has 1 saturated heterocycles. The molecule has 1 aromatic heterocycles. The summed E-state index contributed by atoms with van der Waals surface area (Å²) in [6.45, 7) is 1.28. The van der Waals surface area contributed by atoms with Crippen molar-refractivity contribution >= 4 is 5.91 Å². The zero-order valence-corrected chi connectivity index (χ0v) is 14.7. The van der Waals surface area contributed by atoms with Crippen molar-refractivity contribution in [2.45, 2.75) is 38.2 Å². The molecule has 0 N–H and O–H groups in total. The minimum absolute atomic E-state index is 0.0743. The minimum atomic E-state index is -0.923. The summed E-state index contributed by atoms with van der Waals surface area (Å²) in [5.41, 5.74) is 2.66. The highest BCUT2D eigenvalue weighted by Gasteiger charge is 2.30. The summed E-state index contributed by atoms with van der Waals surface area (Å²) in [6, 6.07) is 3.68. The molecule has 2 heterocycles. The third-order valence-electron chi connectivity index (χ3n) is 5.13. The third kappa shape index (κ3) is 3.00. The number of benzene rings is 1. The molecule has 0 radical (unpaired) electrons. The molecule has 5 nitrogen and oxygen atoms in total. The summed E-state index contributed by atoms with van der Waals surface area (Å²) in [4.78, 5) is 14.6. The van der Waals surface area contributed by atoms with Crippen LogP contribution in [-0.2, 0) is 17.6 Å². The summed E-state index contributed by atoms with van der Waals surface area (Å²) in [5.74, 6) is -1.97. The van der Waals surface area contributed by atoms with Gasteiger partial charge in [0.15, 0.2) is 17.3 Å². The average Bonchev–Trinajstić information content (AvgIpc) is 3.34. The summed E-state index contributed by atoms with van der Waals surface area (Å²) >= 11 is 0. The number of nitrogens with zero attached hydrogens (tertiary/aromatic N) is 3. The lowest BCUT2D eigenvalue weighted by Crippen LogP contribution is -2.34. The second-order valence-electron chi connectivity index (χ2n) is 6.96. The number of carbonyl (C=O) groups excluding carboxylic acids is 1. The molecule has 1 aliphatic carbocycles. The van der Waals surface area contributed by atoms with Crippen LogP contribution in [0.5, 0.6) is 0 Å². The number of aromatic nitrogens is 2. The molecule has 1 fully saturated rings. The molecule has 0 saturated carbocycles. The van der Waals surface area contributed by atoms with Crippen molar-refractivity contribution in [3.05, 3.63) is 46.8 Å². The Labute approximate surface area is 150 Å². The molecule has 1 aromatic carbocycles. The molecule has 138 valence electrons. The van der Waals surface area contributed by atoms with E-state index < -0.39 is 11.6 Å². The molecule has 1 aliphatic heterocycles. The maximum Gasteiger partial charge on any atom is 0.274 e. The maximum atomic E-state index is 13.6. The number of likely N-dealkylation sites (N-methyl/N-ethyl adjacent to an activating group) is 1. The Morgan fingerprint density at radius 3 is 2.88 bits per heavy atom. The Morgan fingerprint density at radius 2 is 2.15 bits per heavy atom. The Bertz CT molecular complexity index is 844. The first-order valence-electron chi connectivity index (χ1n) is 8.98. The third-order valence-corrected chi connectivity index (χ3v) is 5.13. The van der Waals surface area contributed by atoms with Crippen molar-refractivity contribution in [3.63, 3.8) is 0 Å². The number of carbonyl (C=O) groups is 1. The zero-order chi connectivity index (χ0) is 18.3. The van der Waals surface area contributed by atoms with E-state index in [9.17, 15) is 13.6 Å². The zero-order valence-electron chi connectivity index (χ0n) is 14.7. The first-order valence-corrected chi connectivity index (χ1v) is 8.98. The average molecular weight is 361 g/mol. The fourth-order valence-electron chi connectivity index (χ4n) is 3.80. The van der Waals surface area contributed by atoms with Crippen molar-refractivity contribution in [1.82, 2.24) is 14.7 Å². The van der Waals surface area contributed by atoms with Crippen molar-refractivity contribution < 1.29 is 18.3 Å². The summed E-state index contributed by atoms with van der Waals surface area (Å²) in [5, 5.41) is 4.46. The SMILES string of the molecule is CN(CC1CCCO1)C(=O)c1nn(-c2ccc(F)c(F)c2)c2c1CCC2. The van der Waals surface area contributed by atoms with E-state index in [0.717, 1.165) is 62.1 Å². The molecule has 2 aromatic rings. The number of hydrogen-bond donors (Lipinski definition) is 0. The topological polar surface area (TPSA) is 47.4 Å². The van der Waals surface area contributed by atoms with Gasteiger partial charge < -0.3 is 9.64 Å². The Balaban J connectivity index is 1.64. The summed E-state index contributed by atoms with van der Waals surface area (Å²) in [7, 11) is 1.75. The summed E-state index contributed by atoms with van der Waals surface area (Å²) < 4.78 is 34.1. The van der Waals surface area contributed by atoms with E-state index in [1.54, 1.807) is 16.6 Å². The van der Waals surface area contributed by atoms with Crippen LogP contribution in [0.15, 0.2) is 18.2 Å². The molecule has 1 atom stereocenters. The van der Waals surface area contributed by atoms with E-state index in [-0.39, 0.29) is 12.0 Å². The summed E-state index contributed by atoms with van der Waals surface area (Å²) in [6.07, 6.45) is 4.52. The number of fused-ring (bicyclic) bond motifs is 1. The first kappa shape index (κ1) is 17.1. The molecule has 4 rings (SSSR count). The normalized spacial score (nSPS) is 19.0. The minimum Gasteiger partial charge on any atom is -0.376 e. The highest BCUT2D eigenvalue weighted by atomic mass is 19.2. The molecule has 1 amide bonds. The van der Waals surface area contributed by atoms with Crippen LogP contribution in [0.4, 0.5) is 8.78 Å². The number of amides is 1. The maximum absolute atomic E-state index is 13.6. The lowest BCUT2D eigenvalue weighted by Gasteiger charge is -2.20. The standard InChI is InChI=1S/C19H21F2N3O2/c1-23(11-13-4-3-9-26-13)19(25)18-14-5-2-6-17(14)24(22-18)12-7-8-15(20)16(21)10-12/h7-8,10,13H,2-6,9,11H2,1H3. The molecule has 7 heteroatoms. The molecule has 1 unspecified atom stereocenters. The second-order valence-corrected chi connectivity index (χ2v) is 6.96. The first-order chi connectivity index (χ1) is 12.5. The Kier molecular flexibility index (Phi) is 4.48. The van der Waals surface area contributed by atoms with E-state index in [1.165, 1.54) is 6.07 Å². The molecular weight excluding hydrogens is 340 g/mol. The van der Waals surface area contributed by atoms with E-state index in [2.05, 4.69) is 5.10 Å². The van der Waals surface area contributed by atoms with Crippen LogP contribution < -0.4 is 0 Å². The predicted molar refractivity (Wildman–Crippen MR) is 91.4 cm³/mol. The largest absolute Gasteiger partial charge is 0.376 e. The van der Waals surface area contributed by atoms with Crippen molar-refractivity contribution in [3.8, 4) is 5.69 Å². The second kappa shape index (κ2) is 6.79. The van der Waals surface area contributed by atoms with Gasteiger partial charge in [-0.25, -0.2) is 13.5 Å². The Hall–Kier alpha value is -2.28. The van der Waals surface area contributed by atoms with E-state index in [1.807, 2.05) is 0 Å². The van der Waals surface area contributed by atoms with Gasteiger partial charge in [-0.3, -0.25) is 4.79 Å². The monoisotopic (exact) mass is 361 g/mol. The van der Waals surface area contributed by atoms with Crippen LogP contribution in [0, 0.1) is 11.6 Å². The molecular formula is C19H21F2N3O2. The van der Waals surface area contributed by atoms with Gasteiger partial charge in [0, 0.05) is 37.5 Å².